The van der Waals surface area contributed by atoms with Gasteiger partial charge in [-0.1, -0.05) is 35.9 Å². The van der Waals surface area contributed by atoms with Crippen LogP contribution in [0.5, 0.6) is 0 Å². The van der Waals surface area contributed by atoms with Gasteiger partial charge in [-0.15, -0.1) is 11.6 Å². The Kier molecular flexibility index (Phi) is 7.14. The van der Waals surface area contributed by atoms with Gasteiger partial charge in [0, 0.05) is 16.1 Å². The summed E-state index contributed by atoms with van der Waals surface area (Å²) in [6.07, 6.45) is 0. The first-order chi connectivity index (χ1) is 14.0. The zero-order valence-electron chi connectivity index (χ0n) is 15.3. The number of alkyl halides is 1. The number of hydrogen-bond donors (Lipinski definition) is 0. The van der Waals surface area contributed by atoms with E-state index in [-0.39, 0.29) is 43.6 Å². The van der Waals surface area contributed by atoms with Crippen molar-refractivity contribution in [1.82, 2.24) is 0 Å². The number of esters is 1. The SMILES string of the molecule is O=C(OCCOCCN=C1C(=O)c2ccccc2C(=O)C1Cl)c1ccc(Cl)cc1. The third-order valence-corrected chi connectivity index (χ3v) is 4.86. The van der Waals surface area contributed by atoms with E-state index in [1.165, 1.54) is 0 Å². The minimum atomic E-state index is -1.10. The second-order valence-electron chi connectivity index (χ2n) is 6.12. The molecule has 0 spiro atoms. The Morgan fingerprint density at radius 1 is 0.966 bits per heavy atom. The number of fused-ring (bicyclic) bond motifs is 1. The highest BCUT2D eigenvalue weighted by molar-refractivity contribution is 6.64. The topological polar surface area (TPSA) is 82.0 Å². The Morgan fingerprint density at radius 3 is 2.38 bits per heavy atom. The highest BCUT2D eigenvalue weighted by atomic mass is 35.5. The van der Waals surface area contributed by atoms with Gasteiger partial charge in [0.05, 0.1) is 25.3 Å². The summed E-state index contributed by atoms with van der Waals surface area (Å²) in [5.41, 5.74) is 1.04. The van der Waals surface area contributed by atoms with Crippen LogP contribution in [0, 0.1) is 0 Å². The summed E-state index contributed by atoms with van der Waals surface area (Å²) < 4.78 is 10.4. The summed E-state index contributed by atoms with van der Waals surface area (Å²) >= 11 is 11.9. The molecule has 0 N–H and O–H groups in total. The molecule has 2 aromatic rings. The van der Waals surface area contributed by atoms with E-state index in [0.717, 1.165) is 0 Å². The van der Waals surface area contributed by atoms with Gasteiger partial charge in [0.2, 0.25) is 5.78 Å². The Hall–Kier alpha value is -2.54. The number of carbonyl (C=O) groups is 3. The summed E-state index contributed by atoms with van der Waals surface area (Å²) in [5.74, 6) is -1.16. The summed E-state index contributed by atoms with van der Waals surface area (Å²) in [6, 6.07) is 12.9. The molecule has 29 heavy (non-hydrogen) atoms. The van der Waals surface area contributed by atoms with Crippen molar-refractivity contribution in [3.05, 3.63) is 70.2 Å². The molecule has 0 amide bonds. The van der Waals surface area contributed by atoms with E-state index in [0.29, 0.717) is 21.7 Å². The lowest BCUT2D eigenvalue weighted by Crippen LogP contribution is -2.38. The van der Waals surface area contributed by atoms with Crippen LogP contribution in [0.3, 0.4) is 0 Å². The highest BCUT2D eigenvalue weighted by Crippen LogP contribution is 2.23. The molecule has 1 aliphatic carbocycles. The van der Waals surface area contributed by atoms with Crippen LogP contribution >= 0.6 is 23.2 Å². The first kappa shape index (κ1) is 21.2. The van der Waals surface area contributed by atoms with E-state index < -0.39 is 11.3 Å². The van der Waals surface area contributed by atoms with Crippen LogP contribution in [0.2, 0.25) is 5.02 Å². The maximum Gasteiger partial charge on any atom is 0.338 e. The first-order valence-electron chi connectivity index (χ1n) is 8.86. The highest BCUT2D eigenvalue weighted by Gasteiger charge is 2.36. The molecule has 8 heteroatoms. The van der Waals surface area contributed by atoms with Gasteiger partial charge >= 0.3 is 5.97 Å². The van der Waals surface area contributed by atoms with Crippen LogP contribution in [0.1, 0.15) is 31.1 Å². The minimum absolute atomic E-state index is 0.0214. The average molecular weight is 434 g/mol. The summed E-state index contributed by atoms with van der Waals surface area (Å²) in [6.45, 7) is 0.588. The lowest BCUT2D eigenvalue weighted by atomic mass is 9.88. The molecule has 2 aromatic carbocycles. The Labute approximate surface area is 177 Å². The molecule has 150 valence electrons. The molecule has 0 aromatic heterocycles. The molecule has 1 atom stereocenters. The summed E-state index contributed by atoms with van der Waals surface area (Å²) in [7, 11) is 0. The number of Topliss-reactive ketones (excluding diaryl/α,β-unsaturated/α-hetero) is 2. The number of nitrogens with zero attached hydrogens (tertiary/aromatic N) is 1. The fourth-order valence-corrected chi connectivity index (χ4v) is 3.17. The summed E-state index contributed by atoms with van der Waals surface area (Å²) in [5, 5.41) is -0.565. The molecule has 1 aliphatic rings. The normalized spacial score (nSPS) is 17.3. The van der Waals surface area contributed by atoms with Crippen molar-refractivity contribution in [3.8, 4) is 0 Å². The number of ketones is 2. The molecule has 0 saturated heterocycles. The van der Waals surface area contributed by atoms with E-state index in [1.54, 1.807) is 48.5 Å². The lowest BCUT2D eigenvalue weighted by molar-refractivity contribution is 0.0328. The van der Waals surface area contributed by atoms with E-state index in [9.17, 15) is 14.4 Å². The Balaban J connectivity index is 1.43. The quantitative estimate of drug-likeness (QED) is 0.378. The van der Waals surface area contributed by atoms with Gasteiger partial charge in [-0.3, -0.25) is 14.6 Å². The van der Waals surface area contributed by atoms with Gasteiger partial charge in [-0.2, -0.15) is 0 Å². The van der Waals surface area contributed by atoms with Crippen molar-refractivity contribution in [1.29, 1.82) is 0 Å². The second-order valence-corrected chi connectivity index (χ2v) is 7.00. The van der Waals surface area contributed by atoms with Gasteiger partial charge in [0.15, 0.2) is 5.78 Å². The number of ether oxygens (including phenoxy) is 2. The molecule has 1 unspecified atom stereocenters. The van der Waals surface area contributed by atoms with Gasteiger partial charge in [0.1, 0.15) is 17.7 Å². The molecule has 3 rings (SSSR count). The van der Waals surface area contributed by atoms with E-state index in [1.807, 2.05) is 0 Å². The van der Waals surface area contributed by atoms with Crippen molar-refractivity contribution in [2.24, 2.45) is 4.99 Å². The molecular formula is C21H17Cl2NO5. The van der Waals surface area contributed by atoms with E-state index in [2.05, 4.69) is 4.99 Å². The maximum atomic E-state index is 12.5. The van der Waals surface area contributed by atoms with Gasteiger partial charge in [-0.05, 0) is 24.3 Å². The molecule has 0 fully saturated rings. The van der Waals surface area contributed by atoms with E-state index in [4.69, 9.17) is 32.7 Å². The van der Waals surface area contributed by atoms with Gasteiger partial charge in [-0.25, -0.2) is 4.79 Å². The van der Waals surface area contributed by atoms with Crippen LogP contribution in [-0.2, 0) is 9.47 Å². The van der Waals surface area contributed by atoms with Crippen LogP contribution in [0.15, 0.2) is 53.5 Å². The number of benzene rings is 2. The smallest absolute Gasteiger partial charge is 0.338 e. The standard InChI is InChI=1S/C21H17Cl2NO5/c22-14-7-5-13(6-8-14)21(27)29-12-11-28-10-9-24-18-17(23)19(25)15-3-1-2-4-16(15)20(18)26/h1-8,17H,9-12H2. The molecule has 0 heterocycles. The molecule has 6 nitrogen and oxygen atoms in total. The second kappa shape index (κ2) is 9.78. The van der Waals surface area contributed by atoms with Crippen LogP contribution in [0.4, 0.5) is 0 Å². The zero-order chi connectivity index (χ0) is 20.8. The number of hydrogen-bond acceptors (Lipinski definition) is 6. The monoisotopic (exact) mass is 433 g/mol. The average Bonchev–Trinajstić information content (AvgIpc) is 2.74. The van der Waals surface area contributed by atoms with Gasteiger partial charge < -0.3 is 9.47 Å². The first-order valence-corrected chi connectivity index (χ1v) is 9.67. The fourth-order valence-electron chi connectivity index (χ4n) is 2.76. The molecule has 0 saturated carbocycles. The van der Waals surface area contributed by atoms with E-state index >= 15 is 0 Å². The van der Waals surface area contributed by atoms with Crippen molar-refractivity contribution < 1.29 is 23.9 Å². The lowest BCUT2D eigenvalue weighted by Gasteiger charge is -2.19. The third-order valence-electron chi connectivity index (χ3n) is 4.20. The number of carbonyl (C=O) groups excluding carboxylic acids is 3. The molecular weight excluding hydrogens is 417 g/mol. The largest absolute Gasteiger partial charge is 0.460 e. The molecule has 0 aliphatic heterocycles. The Morgan fingerprint density at radius 2 is 1.66 bits per heavy atom. The molecule has 0 bridgehead atoms. The van der Waals surface area contributed by atoms with Crippen molar-refractivity contribution in [2.45, 2.75) is 5.38 Å². The third kappa shape index (κ3) is 5.09. The number of aliphatic imine (C=N–C) groups is 1. The van der Waals surface area contributed by atoms with Crippen molar-refractivity contribution in [2.75, 3.05) is 26.4 Å². The van der Waals surface area contributed by atoms with Crippen molar-refractivity contribution >= 4 is 46.4 Å². The van der Waals surface area contributed by atoms with Crippen LogP contribution < -0.4 is 0 Å². The Bertz CT molecular complexity index is 956. The zero-order valence-corrected chi connectivity index (χ0v) is 16.8. The van der Waals surface area contributed by atoms with Crippen molar-refractivity contribution in [3.63, 3.8) is 0 Å². The minimum Gasteiger partial charge on any atom is -0.460 e. The number of halogens is 2. The summed E-state index contributed by atoms with van der Waals surface area (Å²) in [4.78, 5) is 40.8. The van der Waals surface area contributed by atoms with Gasteiger partial charge in [0.25, 0.3) is 0 Å². The predicted octanol–water partition coefficient (Wildman–Crippen LogP) is 3.64. The fraction of sp³-hybridized carbons (Fsp3) is 0.238. The maximum absolute atomic E-state index is 12.5. The molecule has 0 radical (unpaired) electrons. The predicted molar refractivity (Wildman–Crippen MR) is 110 cm³/mol. The van der Waals surface area contributed by atoms with Crippen LogP contribution in [0.25, 0.3) is 0 Å². The van der Waals surface area contributed by atoms with Crippen LogP contribution in [-0.4, -0.2) is 55.0 Å². The number of rotatable bonds is 7.